The quantitative estimate of drug-likeness (QED) is 0.0947. The Morgan fingerprint density at radius 1 is 0.395 bits per heavy atom. The number of likely N-dealkylation sites (tertiary alicyclic amines) is 3. The molecular weight excluding hydrogens is 1530 g/mol. The lowest BCUT2D eigenvalue weighted by molar-refractivity contribution is -0.239. The minimum atomic E-state index is -1.04. The van der Waals surface area contributed by atoms with Crippen molar-refractivity contribution < 1.29 is 65.3 Å². The number of fused-ring (bicyclic) bond motifs is 4. The third-order valence-electron chi connectivity index (χ3n) is 27.1. The second-order valence-electron chi connectivity index (χ2n) is 33.0. The molecule has 10 aliphatic rings. The smallest absolute Gasteiger partial charge is 0.237 e. The van der Waals surface area contributed by atoms with Crippen LogP contribution in [0.25, 0.3) is 0 Å². The molecule has 8 fully saturated rings. The van der Waals surface area contributed by atoms with Gasteiger partial charge in [0, 0.05) is 88.2 Å². The van der Waals surface area contributed by atoms with Crippen molar-refractivity contribution in [3.63, 3.8) is 0 Å². The van der Waals surface area contributed by atoms with Crippen molar-refractivity contribution in [3.8, 4) is 12.1 Å². The predicted molar refractivity (Wildman–Crippen MR) is 441 cm³/mol. The van der Waals surface area contributed by atoms with Crippen LogP contribution in [0.2, 0.25) is 0 Å². The normalized spacial score (nSPS) is 28.1. The zero-order chi connectivity index (χ0) is 83.9. The number of ether oxygens (including phenoxy) is 4. The number of nitrogens with zero attached hydrogens (tertiary/aromatic N) is 5. The molecule has 119 heavy (non-hydrogen) atoms. The monoisotopic (exact) mass is 1630 g/mol. The van der Waals surface area contributed by atoms with E-state index >= 15 is 0 Å². The summed E-state index contributed by atoms with van der Waals surface area (Å²) in [5.74, 6) is -2.41. The molecule has 21 heteroatoms. The van der Waals surface area contributed by atoms with Gasteiger partial charge in [0.15, 0.2) is 23.1 Å². The fourth-order valence-electron chi connectivity index (χ4n) is 21.0. The van der Waals surface area contributed by atoms with E-state index in [9.17, 15) is 56.9 Å². The van der Waals surface area contributed by atoms with E-state index in [0.29, 0.717) is 90.8 Å². The summed E-state index contributed by atoms with van der Waals surface area (Å²) < 4.78 is 76.3. The van der Waals surface area contributed by atoms with Crippen LogP contribution in [0.1, 0.15) is 124 Å². The molecule has 2 saturated carbocycles. The molecule has 4 amide bonds. The molecule has 616 valence electrons. The van der Waals surface area contributed by atoms with Gasteiger partial charge in [0.25, 0.3) is 0 Å². The van der Waals surface area contributed by atoms with Gasteiger partial charge in [0.05, 0.1) is 59.2 Å². The molecule has 0 radical (unpaired) electrons. The van der Waals surface area contributed by atoms with Crippen LogP contribution >= 0.6 is 11.6 Å². The van der Waals surface area contributed by atoms with Gasteiger partial charge in [-0.05, 0) is 167 Å². The molecule has 18 rings (SSSR count). The van der Waals surface area contributed by atoms with Crippen LogP contribution in [-0.4, -0.2) is 114 Å². The van der Waals surface area contributed by atoms with Crippen molar-refractivity contribution in [2.75, 3.05) is 52.6 Å². The number of rotatable bonds is 11. The number of halogens is 5. The highest BCUT2D eigenvalue weighted by molar-refractivity contribution is 6.17. The highest BCUT2D eigenvalue weighted by Gasteiger charge is 2.65. The number of nitriles is 2. The fraction of sp³-hybridized carbons (Fsp3) is 0.388. The first kappa shape index (κ1) is 84.7. The SMILES string of the molecule is C[C@@H]1C(=O)C(C#N)=C[C@]2(c3ccccc3)C(=O)N(Cc3ccc(F)cc3)CC[C@@H]12.C[C@H]1C(=O)C(C#N)=C[C@@]2(c3ccccc3)C(=O)N(Cc3ccc(F)cc3)CC[C@H]12.C[C@H]1[C@@H]2CCN(Cc3ccc(F)cc3)C(=O)[C@@]2(c2ccccc2)CCC12OCCO2.C[C@H]1[C@@H]2CCNC(=O)[C@@]2(c2ccccc2)CCC12OCCO2.Fc1ccc(CCl)cc1. The Bertz CT molecular complexity index is 4950. The third-order valence-corrected chi connectivity index (χ3v) is 27.4. The summed E-state index contributed by atoms with van der Waals surface area (Å²) in [5, 5.41) is 22.2. The standard InChI is InChI=1S/C25H28FNO3.2C24H21FN2O2.C18H23NO3.C7H6ClF/c1-18-22-11-14-27(17-19-7-9-21(26)10-8-19)23(28)24(22,20-5-3-2-4-6-20)12-13-25(18)29-15-16-30-25;2*1-16-21-11-12-27(15-17-7-9-20(25)10-8-17)23(29)24(21,13-18(14-26)22(16)28)19-5-3-2-4-6-19;1-13-15-7-10-19-16(20)17(15,14-5-3-2-4-6-14)8-9-18(13)21-11-12-22-18;8-5-6-1-3-7(9)4-2-6/h2-10,18,22H,11-17H2,1H3;2*2-10,13,16,21H,11-12,15H2,1H3;2-6,13,15H,7-12H2,1H3,(H,19,20);1-4H,5H2/t18-,22-,24+;2*16-,21-,24+;13-,15-,17+;/m0100./s1. The molecule has 2 spiro atoms. The molecule has 0 bridgehead atoms. The van der Waals surface area contributed by atoms with E-state index in [0.717, 1.165) is 83.2 Å². The number of carbonyl (C=O) groups excluding carboxylic acids is 6. The molecule has 4 aliphatic carbocycles. The first-order valence-electron chi connectivity index (χ1n) is 41.3. The zero-order valence-electron chi connectivity index (χ0n) is 67.4. The molecule has 1 N–H and O–H groups in total. The predicted octanol–water partition coefficient (Wildman–Crippen LogP) is 16.6. The number of carbonyl (C=O) groups is 6. The van der Waals surface area contributed by atoms with Gasteiger partial charge in [-0.15, -0.1) is 11.6 Å². The summed E-state index contributed by atoms with van der Waals surface area (Å²) in [6, 6.07) is 68.1. The van der Waals surface area contributed by atoms with Gasteiger partial charge in [0.2, 0.25) is 23.6 Å². The lowest BCUT2D eigenvalue weighted by Crippen LogP contribution is -2.64. The molecule has 6 saturated heterocycles. The van der Waals surface area contributed by atoms with Crippen LogP contribution in [-0.2, 0) is 94.9 Å². The molecule has 8 aromatic rings. The fourth-order valence-corrected chi connectivity index (χ4v) is 21.2. The second-order valence-corrected chi connectivity index (χ2v) is 33.3. The Balaban J connectivity index is 0.000000126. The molecular formula is C98H99ClF4N6O10. The van der Waals surface area contributed by atoms with Crippen LogP contribution in [0.4, 0.5) is 17.6 Å². The Kier molecular flexibility index (Phi) is 25.7. The lowest BCUT2D eigenvalue weighted by Gasteiger charge is -2.56. The highest BCUT2D eigenvalue weighted by Crippen LogP contribution is 2.59. The summed E-state index contributed by atoms with van der Waals surface area (Å²) in [4.78, 5) is 85.4. The van der Waals surface area contributed by atoms with Gasteiger partial charge >= 0.3 is 0 Å². The van der Waals surface area contributed by atoms with Gasteiger partial charge < -0.3 is 39.0 Å². The van der Waals surface area contributed by atoms with Crippen LogP contribution < -0.4 is 5.32 Å². The summed E-state index contributed by atoms with van der Waals surface area (Å²) in [7, 11) is 0. The second kappa shape index (κ2) is 36.1. The summed E-state index contributed by atoms with van der Waals surface area (Å²) in [6.45, 7) is 14.3. The number of hydrogen-bond acceptors (Lipinski definition) is 12. The Labute approximate surface area is 698 Å². The summed E-state index contributed by atoms with van der Waals surface area (Å²) in [5.41, 5.74) is 4.40. The number of nitrogens with one attached hydrogen (secondary N) is 1. The Morgan fingerprint density at radius 2 is 0.706 bits per heavy atom. The van der Waals surface area contributed by atoms with E-state index in [1.54, 1.807) is 70.5 Å². The van der Waals surface area contributed by atoms with Gasteiger partial charge in [-0.1, -0.05) is 198 Å². The number of allylic oxidation sites excluding steroid dienone is 2. The Hall–Kier alpha value is -10.7. The van der Waals surface area contributed by atoms with E-state index < -0.39 is 45.1 Å². The van der Waals surface area contributed by atoms with Crippen molar-refractivity contribution in [2.24, 2.45) is 47.3 Å². The third kappa shape index (κ3) is 16.3. The molecule has 0 unspecified atom stereocenters. The molecule has 6 aliphatic heterocycles. The first-order valence-corrected chi connectivity index (χ1v) is 41.9. The van der Waals surface area contributed by atoms with Crippen molar-refractivity contribution in [3.05, 3.63) is 309 Å². The first-order chi connectivity index (χ1) is 57.5. The topological polar surface area (TPSA) is 209 Å². The van der Waals surface area contributed by atoms with Gasteiger partial charge in [0.1, 0.15) is 35.4 Å². The van der Waals surface area contributed by atoms with Gasteiger partial charge in [-0.25, -0.2) is 17.6 Å². The van der Waals surface area contributed by atoms with Crippen LogP contribution in [0.5, 0.6) is 0 Å². The zero-order valence-corrected chi connectivity index (χ0v) is 68.2. The minimum Gasteiger partial charge on any atom is -0.355 e. The van der Waals surface area contributed by atoms with Crippen molar-refractivity contribution in [2.45, 2.75) is 138 Å². The number of hydrogen-bond donors (Lipinski definition) is 1. The number of benzene rings is 8. The molecule has 0 aromatic heterocycles. The Morgan fingerprint density at radius 3 is 1.06 bits per heavy atom. The van der Waals surface area contributed by atoms with Crippen molar-refractivity contribution in [1.29, 1.82) is 10.5 Å². The maximum atomic E-state index is 14.1. The van der Waals surface area contributed by atoms with Crippen LogP contribution in [0, 0.1) is 93.3 Å². The molecule has 8 aromatic carbocycles. The van der Waals surface area contributed by atoms with Gasteiger partial charge in [-0.3, -0.25) is 28.8 Å². The van der Waals surface area contributed by atoms with Crippen molar-refractivity contribution >= 4 is 46.8 Å². The molecule has 6 heterocycles. The van der Waals surface area contributed by atoms with E-state index in [-0.39, 0.29) is 105 Å². The number of alkyl halides is 1. The number of piperidine rings is 4. The molecule has 16 nitrogen and oxygen atoms in total. The number of Topliss-reactive ketones (excluding diaryl/α,β-unsaturated/α-hetero) is 2. The van der Waals surface area contributed by atoms with Crippen LogP contribution in [0.3, 0.4) is 0 Å². The highest BCUT2D eigenvalue weighted by atomic mass is 35.5. The van der Waals surface area contributed by atoms with E-state index in [1.165, 1.54) is 48.5 Å². The lowest BCUT2D eigenvalue weighted by atomic mass is 9.54. The largest absolute Gasteiger partial charge is 0.355 e. The van der Waals surface area contributed by atoms with E-state index in [2.05, 4.69) is 43.4 Å². The minimum absolute atomic E-state index is 0.0505. The number of ketones is 2. The van der Waals surface area contributed by atoms with Crippen molar-refractivity contribution in [1.82, 2.24) is 20.0 Å². The molecule has 12 atom stereocenters. The number of amides is 4. The van der Waals surface area contributed by atoms with E-state index in [1.807, 2.05) is 128 Å². The van der Waals surface area contributed by atoms with Gasteiger partial charge in [-0.2, -0.15) is 10.5 Å². The van der Waals surface area contributed by atoms with E-state index in [4.69, 9.17) is 30.5 Å². The maximum absolute atomic E-state index is 14.1. The average Bonchev–Trinajstić information content (AvgIpc) is 1.55. The van der Waals surface area contributed by atoms with Crippen LogP contribution in [0.15, 0.2) is 242 Å². The average molecular weight is 1630 g/mol. The maximum Gasteiger partial charge on any atom is 0.237 e. The summed E-state index contributed by atoms with van der Waals surface area (Å²) in [6.07, 6.45) is 9.38. The summed E-state index contributed by atoms with van der Waals surface area (Å²) >= 11 is 5.46.